The van der Waals surface area contributed by atoms with E-state index in [1.54, 1.807) is 26.8 Å². The first-order valence-electron chi connectivity index (χ1n) is 11.1. The number of methoxy groups -OCH3 is 1. The average molecular weight is 435 g/mol. The molecular weight excluding hydrogens is 396 g/mol. The molecule has 0 saturated carbocycles. The number of nitrogens with one attached hydrogen (secondary N) is 2. The number of carbonyl (C=O) groups is 2. The maximum absolute atomic E-state index is 12.3. The molecule has 7 heteroatoms. The SMILES string of the molecule is COC(=O)C(NC(=O)OC(C)(C)C)c1ccc(OCC[C@@H](C)C2CCNCC2)cc1C. The van der Waals surface area contributed by atoms with Gasteiger partial charge in [-0.25, -0.2) is 9.59 Å². The first-order chi connectivity index (χ1) is 14.6. The fourth-order valence-electron chi connectivity index (χ4n) is 3.88. The first kappa shape index (κ1) is 25.0. The van der Waals surface area contributed by atoms with Crippen LogP contribution in [0.3, 0.4) is 0 Å². The van der Waals surface area contributed by atoms with Gasteiger partial charge in [-0.2, -0.15) is 0 Å². The predicted octanol–water partition coefficient (Wildman–Crippen LogP) is 4.14. The zero-order valence-corrected chi connectivity index (χ0v) is 19.7. The minimum absolute atomic E-state index is 0.557. The van der Waals surface area contributed by atoms with Crippen LogP contribution in [0.4, 0.5) is 4.79 Å². The minimum atomic E-state index is -0.950. The van der Waals surface area contributed by atoms with Crippen LogP contribution in [0.25, 0.3) is 0 Å². The second-order valence-electron chi connectivity index (χ2n) is 9.32. The van der Waals surface area contributed by atoms with E-state index >= 15 is 0 Å². The van der Waals surface area contributed by atoms with E-state index in [2.05, 4.69) is 17.6 Å². The van der Waals surface area contributed by atoms with Crippen molar-refractivity contribution in [2.24, 2.45) is 11.8 Å². The predicted molar refractivity (Wildman–Crippen MR) is 120 cm³/mol. The average Bonchev–Trinajstić information content (AvgIpc) is 2.71. The lowest BCUT2D eigenvalue weighted by Crippen LogP contribution is -2.38. The summed E-state index contributed by atoms with van der Waals surface area (Å²) in [5, 5.41) is 6.02. The summed E-state index contributed by atoms with van der Waals surface area (Å²) in [5.74, 6) is 1.58. The van der Waals surface area contributed by atoms with Gasteiger partial charge < -0.3 is 24.8 Å². The molecule has 0 spiro atoms. The molecule has 1 aromatic carbocycles. The number of carbonyl (C=O) groups excluding carboxylic acids is 2. The molecule has 2 N–H and O–H groups in total. The lowest BCUT2D eigenvalue weighted by molar-refractivity contribution is -0.143. The van der Waals surface area contributed by atoms with Crippen LogP contribution in [0.15, 0.2) is 18.2 Å². The van der Waals surface area contributed by atoms with Crippen molar-refractivity contribution >= 4 is 12.1 Å². The third-order valence-corrected chi connectivity index (χ3v) is 5.68. The van der Waals surface area contributed by atoms with E-state index in [9.17, 15) is 9.59 Å². The molecule has 7 nitrogen and oxygen atoms in total. The summed E-state index contributed by atoms with van der Waals surface area (Å²) < 4.78 is 16.1. The molecule has 174 valence electrons. The Morgan fingerprint density at radius 2 is 1.90 bits per heavy atom. The number of rotatable bonds is 8. The van der Waals surface area contributed by atoms with Gasteiger partial charge >= 0.3 is 12.1 Å². The topological polar surface area (TPSA) is 85.9 Å². The number of aryl methyl sites for hydroxylation is 1. The molecule has 1 saturated heterocycles. The Morgan fingerprint density at radius 3 is 2.48 bits per heavy atom. The summed E-state index contributed by atoms with van der Waals surface area (Å²) in [6, 6.07) is 4.55. The first-order valence-corrected chi connectivity index (χ1v) is 11.1. The van der Waals surface area contributed by atoms with Crippen molar-refractivity contribution in [2.75, 3.05) is 26.8 Å². The van der Waals surface area contributed by atoms with Gasteiger partial charge in [0, 0.05) is 0 Å². The van der Waals surface area contributed by atoms with Crippen molar-refractivity contribution in [3.05, 3.63) is 29.3 Å². The molecule has 1 amide bonds. The highest BCUT2D eigenvalue weighted by Gasteiger charge is 2.28. The molecule has 1 unspecified atom stereocenters. The van der Waals surface area contributed by atoms with Gasteiger partial charge in [0.1, 0.15) is 11.4 Å². The summed E-state index contributed by atoms with van der Waals surface area (Å²) in [6.07, 6.45) is 2.80. The molecular formula is C24H38N2O5. The Hall–Kier alpha value is -2.28. The molecule has 1 heterocycles. The molecule has 1 aliphatic heterocycles. The molecule has 1 fully saturated rings. The maximum Gasteiger partial charge on any atom is 0.408 e. The zero-order valence-electron chi connectivity index (χ0n) is 19.7. The monoisotopic (exact) mass is 434 g/mol. The smallest absolute Gasteiger partial charge is 0.408 e. The summed E-state index contributed by atoms with van der Waals surface area (Å²) in [5.41, 5.74) is 0.812. The third-order valence-electron chi connectivity index (χ3n) is 5.68. The number of esters is 1. The van der Waals surface area contributed by atoms with E-state index in [4.69, 9.17) is 14.2 Å². The van der Waals surface area contributed by atoms with Crippen LogP contribution in [0.5, 0.6) is 5.75 Å². The largest absolute Gasteiger partial charge is 0.494 e. The molecule has 1 aliphatic rings. The Labute approximate surface area is 186 Å². The van der Waals surface area contributed by atoms with Crippen molar-refractivity contribution < 1.29 is 23.8 Å². The molecule has 0 bridgehead atoms. The minimum Gasteiger partial charge on any atom is -0.494 e. The van der Waals surface area contributed by atoms with Crippen molar-refractivity contribution in [2.45, 2.75) is 65.5 Å². The van der Waals surface area contributed by atoms with Gasteiger partial charge in [-0.1, -0.05) is 13.0 Å². The van der Waals surface area contributed by atoms with E-state index in [0.717, 1.165) is 36.7 Å². The highest BCUT2D eigenvalue weighted by molar-refractivity contribution is 5.83. The van der Waals surface area contributed by atoms with E-state index in [1.807, 2.05) is 19.1 Å². The van der Waals surface area contributed by atoms with Crippen molar-refractivity contribution in [1.29, 1.82) is 0 Å². The lowest BCUT2D eigenvalue weighted by Gasteiger charge is -2.28. The third kappa shape index (κ3) is 8.05. The number of piperidine rings is 1. The van der Waals surface area contributed by atoms with Crippen LogP contribution in [0, 0.1) is 18.8 Å². The molecule has 2 atom stereocenters. The number of benzene rings is 1. The molecule has 31 heavy (non-hydrogen) atoms. The van der Waals surface area contributed by atoms with Crippen LogP contribution in [0.2, 0.25) is 0 Å². The Bertz CT molecular complexity index is 738. The fourth-order valence-corrected chi connectivity index (χ4v) is 3.88. The molecule has 1 aromatic rings. The zero-order chi connectivity index (χ0) is 23.0. The highest BCUT2D eigenvalue weighted by Crippen LogP contribution is 2.27. The quantitative estimate of drug-likeness (QED) is 0.598. The highest BCUT2D eigenvalue weighted by atomic mass is 16.6. The van der Waals surface area contributed by atoms with Gasteiger partial charge in [-0.05, 0) is 95.1 Å². The van der Waals surface area contributed by atoms with Gasteiger partial charge in [0.2, 0.25) is 0 Å². The van der Waals surface area contributed by atoms with Crippen molar-refractivity contribution in [3.63, 3.8) is 0 Å². The Kier molecular flexibility index (Phi) is 9.16. The summed E-state index contributed by atoms with van der Waals surface area (Å²) in [6.45, 7) is 12.4. The normalized spacial score (nSPS) is 16.8. The van der Waals surface area contributed by atoms with Gasteiger partial charge in [0.15, 0.2) is 6.04 Å². The van der Waals surface area contributed by atoms with Crippen molar-refractivity contribution in [1.82, 2.24) is 10.6 Å². The summed E-state index contributed by atoms with van der Waals surface area (Å²) in [4.78, 5) is 24.5. The molecule has 0 radical (unpaired) electrons. The summed E-state index contributed by atoms with van der Waals surface area (Å²) >= 11 is 0. The molecule has 2 rings (SSSR count). The second-order valence-corrected chi connectivity index (χ2v) is 9.32. The van der Waals surface area contributed by atoms with Crippen LogP contribution in [-0.2, 0) is 14.3 Å². The number of alkyl carbamates (subject to hydrolysis) is 1. The number of amides is 1. The van der Waals surface area contributed by atoms with Crippen LogP contribution in [-0.4, -0.2) is 44.5 Å². The van der Waals surface area contributed by atoms with Crippen LogP contribution in [0.1, 0.15) is 64.1 Å². The Balaban J connectivity index is 1.99. The molecule has 0 aromatic heterocycles. The number of hydrogen-bond donors (Lipinski definition) is 2. The number of ether oxygens (including phenoxy) is 3. The maximum atomic E-state index is 12.3. The number of hydrogen-bond acceptors (Lipinski definition) is 6. The van der Waals surface area contributed by atoms with Crippen LogP contribution < -0.4 is 15.4 Å². The van der Waals surface area contributed by atoms with Crippen molar-refractivity contribution in [3.8, 4) is 5.75 Å². The van der Waals surface area contributed by atoms with E-state index in [0.29, 0.717) is 18.1 Å². The van der Waals surface area contributed by atoms with E-state index < -0.39 is 23.7 Å². The van der Waals surface area contributed by atoms with Gasteiger partial charge in [0.05, 0.1) is 13.7 Å². The van der Waals surface area contributed by atoms with E-state index in [1.165, 1.54) is 20.0 Å². The van der Waals surface area contributed by atoms with E-state index in [-0.39, 0.29) is 0 Å². The fraction of sp³-hybridized carbons (Fsp3) is 0.667. The standard InChI is InChI=1S/C24H38N2O5/c1-16(18-9-12-25-13-10-18)11-14-30-19-7-8-20(17(2)15-19)21(22(27)29-6)26-23(28)31-24(3,4)5/h7-8,15-16,18,21,25H,9-14H2,1-6H3,(H,26,28)/t16-,21?/m1/s1. The van der Waals surface area contributed by atoms with Gasteiger partial charge in [-0.3, -0.25) is 0 Å². The lowest BCUT2D eigenvalue weighted by atomic mass is 9.84. The Morgan fingerprint density at radius 1 is 1.23 bits per heavy atom. The molecule has 0 aliphatic carbocycles. The second kappa shape index (κ2) is 11.4. The van der Waals surface area contributed by atoms with Gasteiger partial charge in [0.25, 0.3) is 0 Å². The van der Waals surface area contributed by atoms with Gasteiger partial charge in [-0.15, -0.1) is 0 Å². The summed E-state index contributed by atoms with van der Waals surface area (Å²) in [7, 11) is 1.29. The van der Waals surface area contributed by atoms with Crippen LogP contribution >= 0.6 is 0 Å².